The third-order valence-corrected chi connectivity index (χ3v) is 5.70. The Labute approximate surface area is 162 Å². The van der Waals surface area contributed by atoms with Gasteiger partial charge in [0, 0.05) is 50.0 Å². The van der Waals surface area contributed by atoms with Crippen LogP contribution in [-0.2, 0) is 17.8 Å². The van der Waals surface area contributed by atoms with Crippen molar-refractivity contribution in [2.75, 3.05) is 39.4 Å². The molecule has 5 nitrogen and oxygen atoms in total. The maximum absolute atomic E-state index is 6.07. The van der Waals surface area contributed by atoms with E-state index in [1.54, 1.807) is 0 Å². The van der Waals surface area contributed by atoms with E-state index in [1.165, 1.54) is 18.5 Å². The highest BCUT2D eigenvalue weighted by Crippen LogP contribution is 2.34. The number of nitrogens with zero attached hydrogens (tertiary/aromatic N) is 4. The van der Waals surface area contributed by atoms with Crippen LogP contribution in [0.4, 0.5) is 0 Å². The van der Waals surface area contributed by atoms with Gasteiger partial charge in [-0.25, -0.2) is 0 Å². The summed E-state index contributed by atoms with van der Waals surface area (Å²) in [4.78, 5) is 14.3. The van der Waals surface area contributed by atoms with Crippen molar-refractivity contribution < 1.29 is 4.74 Å². The van der Waals surface area contributed by atoms with Crippen LogP contribution in [0.2, 0.25) is 0 Å². The smallest absolute Gasteiger partial charge is 0.0593 e. The fourth-order valence-corrected chi connectivity index (χ4v) is 4.55. The zero-order chi connectivity index (χ0) is 18.5. The standard InChI is InChI=1S/C22H30N4O/c1-19-6-4-8-21(24-19)15-25-11-5-9-22(16-25)17-26(12-13-27-18-22)14-20-7-2-3-10-23-20/h2-4,6-8,10H,5,9,11-18H2,1H3/t22-/m0/s1. The molecule has 0 unspecified atom stereocenters. The summed E-state index contributed by atoms with van der Waals surface area (Å²) in [6.07, 6.45) is 4.35. The Hall–Kier alpha value is -1.82. The number of pyridine rings is 2. The molecule has 0 aliphatic carbocycles. The number of hydrogen-bond acceptors (Lipinski definition) is 5. The lowest BCUT2D eigenvalue weighted by molar-refractivity contribution is 0.00205. The summed E-state index contributed by atoms with van der Waals surface area (Å²) in [5.41, 5.74) is 3.63. The molecule has 4 heterocycles. The Balaban J connectivity index is 1.43. The summed E-state index contributed by atoms with van der Waals surface area (Å²) in [6, 6.07) is 12.5. The van der Waals surface area contributed by atoms with Gasteiger partial charge in [0.2, 0.25) is 0 Å². The van der Waals surface area contributed by atoms with Crippen molar-refractivity contribution in [2.45, 2.75) is 32.9 Å². The third kappa shape index (κ3) is 4.92. The summed E-state index contributed by atoms with van der Waals surface area (Å²) in [5.74, 6) is 0. The predicted molar refractivity (Wildman–Crippen MR) is 106 cm³/mol. The number of piperidine rings is 1. The first-order valence-corrected chi connectivity index (χ1v) is 10.1. The highest BCUT2D eigenvalue weighted by molar-refractivity contribution is 5.10. The second-order valence-corrected chi connectivity index (χ2v) is 8.17. The van der Waals surface area contributed by atoms with Crippen LogP contribution < -0.4 is 0 Å². The van der Waals surface area contributed by atoms with Crippen LogP contribution >= 0.6 is 0 Å². The van der Waals surface area contributed by atoms with Gasteiger partial charge >= 0.3 is 0 Å². The summed E-state index contributed by atoms with van der Waals surface area (Å²) in [6.45, 7) is 9.89. The van der Waals surface area contributed by atoms with Gasteiger partial charge in [-0.3, -0.25) is 19.8 Å². The molecular formula is C22H30N4O. The van der Waals surface area contributed by atoms with E-state index in [4.69, 9.17) is 9.72 Å². The van der Waals surface area contributed by atoms with Gasteiger partial charge in [0.15, 0.2) is 0 Å². The number of aromatic nitrogens is 2. The van der Waals surface area contributed by atoms with E-state index in [0.717, 1.165) is 63.9 Å². The molecule has 5 heteroatoms. The highest BCUT2D eigenvalue weighted by atomic mass is 16.5. The normalized spacial score (nSPS) is 24.8. The molecule has 1 atom stereocenters. The zero-order valence-electron chi connectivity index (χ0n) is 16.3. The first kappa shape index (κ1) is 18.5. The summed E-state index contributed by atoms with van der Waals surface area (Å²) < 4.78 is 6.07. The van der Waals surface area contributed by atoms with Crippen molar-refractivity contribution in [1.82, 2.24) is 19.8 Å². The minimum absolute atomic E-state index is 0.216. The van der Waals surface area contributed by atoms with Crippen LogP contribution in [0.3, 0.4) is 0 Å². The monoisotopic (exact) mass is 366 g/mol. The van der Waals surface area contributed by atoms with E-state index in [0.29, 0.717) is 0 Å². The van der Waals surface area contributed by atoms with E-state index in [9.17, 15) is 0 Å². The molecule has 4 rings (SSSR count). The first-order valence-electron chi connectivity index (χ1n) is 10.1. The molecule has 2 aromatic rings. The Morgan fingerprint density at radius 1 is 1.00 bits per heavy atom. The molecule has 0 saturated carbocycles. The van der Waals surface area contributed by atoms with Crippen LogP contribution in [0.25, 0.3) is 0 Å². The van der Waals surface area contributed by atoms with Gasteiger partial charge in [-0.2, -0.15) is 0 Å². The topological polar surface area (TPSA) is 41.5 Å². The minimum atomic E-state index is 0.216. The molecule has 144 valence electrons. The molecule has 0 amide bonds. The molecule has 0 aromatic carbocycles. The molecule has 0 radical (unpaired) electrons. The van der Waals surface area contributed by atoms with Crippen molar-refractivity contribution in [2.24, 2.45) is 5.41 Å². The molecule has 2 fully saturated rings. The van der Waals surface area contributed by atoms with Crippen LogP contribution in [-0.4, -0.2) is 59.2 Å². The average Bonchev–Trinajstić information content (AvgIpc) is 2.84. The molecule has 1 spiro atoms. The van der Waals surface area contributed by atoms with E-state index in [-0.39, 0.29) is 5.41 Å². The largest absolute Gasteiger partial charge is 0.379 e. The van der Waals surface area contributed by atoms with Crippen LogP contribution in [0, 0.1) is 12.3 Å². The number of ether oxygens (including phenoxy) is 1. The highest BCUT2D eigenvalue weighted by Gasteiger charge is 2.38. The molecule has 2 aliphatic heterocycles. The van der Waals surface area contributed by atoms with Gasteiger partial charge in [0.1, 0.15) is 0 Å². The van der Waals surface area contributed by atoms with Crippen molar-refractivity contribution >= 4 is 0 Å². The van der Waals surface area contributed by atoms with Gasteiger partial charge in [-0.15, -0.1) is 0 Å². The van der Waals surface area contributed by atoms with Crippen LogP contribution in [0.15, 0.2) is 42.6 Å². The lowest BCUT2D eigenvalue weighted by Crippen LogP contribution is -2.50. The Morgan fingerprint density at radius 2 is 1.81 bits per heavy atom. The molecule has 0 N–H and O–H groups in total. The predicted octanol–water partition coefficient (Wildman–Crippen LogP) is 2.90. The Morgan fingerprint density at radius 3 is 2.63 bits per heavy atom. The molecule has 2 aromatic heterocycles. The summed E-state index contributed by atoms with van der Waals surface area (Å²) in [7, 11) is 0. The number of rotatable bonds is 4. The van der Waals surface area contributed by atoms with Gasteiger partial charge in [0.25, 0.3) is 0 Å². The fraction of sp³-hybridized carbons (Fsp3) is 0.545. The lowest BCUT2D eigenvalue weighted by Gasteiger charge is -2.43. The maximum Gasteiger partial charge on any atom is 0.0593 e. The van der Waals surface area contributed by atoms with Gasteiger partial charge < -0.3 is 4.74 Å². The first-order chi connectivity index (χ1) is 13.2. The molecule has 2 saturated heterocycles. The fourth-order valence-electron chi connectivity index (χ4n) is 4.55. The van der Waals surface area contributed by atoms with Crippen molar-refractivity contribution in [3.8, 4) is 0 Å². The van der Waals surface area contributed by atoms with Gasteiger partial charge in [0.05, 0.1) is 24.6 Å². The lowest BCUT2D eigenvalue weighted by atomic mass is 9.80. The SMILES string of the molecule is Cc1cccc(CN2CCC[C@]3(COCCN(Cc4ccccn4)C3)C2)n1. The summed E-state index contributed by atoms with van der Waals surface area (Å²) >= 11 is 0. The van der Waals surface area contributed by atoms with Crippen molar-refractivity contribution in [3.05, 3.63) is 59.7 Å². The molecule has 2 aliphatic rings. The number of likely N-dealkylation sites (tertiary alicyclic amines) is 1. The number of aryl methyl sites for hydroxylation is 1. The molecule has 0 bridgehead atoms. The van der Waals surface area contributed by atoms with Gasteiger partial charge in [-0.1, -0.05) is 12.1 Å². The van der Waals surface area contributed by atoms with Gasteiger partial charge in [-0.05, 0) is 50.6 Å². The van der Waals surface area contributed by atoms with E-state index in [2.05, 4.69) is 52.0 Å². The van der Waals surface area contributed by atoms with E-state index < -0.39 is 0 Å². The second kappa shape index (κ2) is 8.46. The van der Waals surface area contributed by atoms with Crippen LogP contribution in [0.5, 0.6) is 0 Å². The minimum Gasteiger partial charge on any atom is -0.379 e. The zero-order valence-corrected chi connectivity index (χ0v) is 16.3. The average molecular weight is 367 g/mol. The van der Waals surface area contributed by atoms with Crippen molar-refractivity contribution in [1.29, 1.82) is 0 Å². The molecular weight excluding hydrogens is 336 g/mol. The van der Waals surface area contributed by atoms with Crippen molar-refractivity contribution in [3.63, 3.8) is 0 Å². The Bertz CT molecular complexity index is 738. The maximum atomic E-state index is 6.07. The molecule has 27 heavy (non-hydrogen) atoms. The second-order valence-electron chi connectivity index (χ2n) is 8.17. The van der Waals surface area contributed by atoms with E-state index in [1.807, 2.05) is 12.3 Å². The Kier molecular flexibility index (Phi) is 5.81. The van der Waals surface area contributed by atoms with E-state index >= 15 is 0 Å². The van der Waals surface area contributed by atoms with Crippen LogP contribution in [0.1, 0.15) is 29.9 Å². The summed E-state index contributed by atoms with van der Waals surface area (Å²) in [5, 5.41) is 0. The third-order valence-electron chi connectivity index (χ3n) is 5.70. The number of hydrogen-bond donors (Lipinski definition) is 0. The quantitative estimate of drug-likeness (QED) is 0.832.